The van der Waals surface area contributed by atoms with Crippen molar-refractivity contribution in [1.29, 1.82) is 0 Å². The topological polar surface area (TPSA) is 75.4 Å². The van der Waals surface area contributed by atoms with Crippen molar-refractivity contribution in [1.82, 2.24) is 20.0 Å². The van der Waals surface area contributed by atoms with Crippen LogP contribution in [0.4, 0.5) is 5.82 Å². The second kappa shape index (κ2) is 7.63. The maximum Gasteiger partial charge on any atom is 0.227 e. The first-order valence-electron chi connectivity index (χ1n) is 8.82. The van der Waals surface area contributed by atoms with E-state index in [0.717, 1.165) is 37.2 Å². The lowest BCUT2D eigenvalue weighted by Gasteiger charge is -2.25. The zero-order valence-corrected chi connectivity index (χ0v) is 15.1. The van der Waals surface area contributed by atoms with Gasteiger partial charge in [0.05, 0.1) is 6.04 Å². The molecule has 1 amide bonds. The normalized spacial score (nSPS) is 17.1. The minimum Gasteiger partial charge on any atom is -0.363 e. The fourth-order valence-corrected chi connectivity index (χ4v) is 3.19. The molecule has 0 N–H and O–H groups in total. The van der Waals surface area contributed by atoms with Crippen molar-refractivity contribution < 1.29 is 9.32 Å². The Bertz CT molecular complexity index is 728. The number of likely N-dealkylation sites (tertiary alicyclic amines) is 1. The summed E-state index contributed by atoms with van der Waals surface area (Å²) in [6.45, 7) is 2.78. The van der Waals surface area contributed by atoms with Crippen LogP contribution in [0.3, 0.4) is 0 Å². The highest BCUT2D eigenvalue weighted by atomic mass is 16.5. The van der Waals surface area contributed by atoms with Crippen molar-refractivity contribution in [2.24, 2.45) is 0 Å². The molecule has 0 bridgehead atoms. The van der Waals surface area contributed by atoms with Crippen molar-refractivity contribution in [2.75, 3.05) is 25.5 Å². The van der Waals surface area contributed by atoms with Crippen LogP contribution in [0.25, 0.3) is 0 Å². The first-order valence-corrected chi connectivity index (χ1v) is 8.82. The smallest absolute Gasteiger partial charge is 0.227 e. The lowest BCUT2D eigenvalue weighted by atomic mass is 10.1. The van der Waals surface area contributed by atoms with E-state index in [1.165, 1.54) is 0 Å². The molecule has 0 spiro atoms. The molecular weight excluding hydrogens is 318 g/mol. The van der Waals surface area contributed by atoms with Crippen LogP contribution in [-0.4, -0.2) is 46.6 Å². The van der Waals surface area contributed by atoms with E-state index in [-0.39, 0.29) is 11.9 Å². The zero-order chi connectivity index (χ0) is 17.8. The van der Waals surface area contributed by atoms with Gasteiger partial charge in [0.1, 0.15) is 5.82 Å². The van der Waals surface area contributed by atoms with Gasteiger partial charge in [-0.25, -0.2) is 4.98 Å². The highest BCUT2D eigenvalue weighted by molar-refractivity contribution is 5.77. The molecule has 3 rings (SSSR count). The Balaban J connectivity index is 1.66. The van der Waals surface area contributed by atoms with Gasteiger partial charge in [-0.15, -0.1) is 0 Å². The second-order valence-electron chi connectivity index (χ2n) is 6.54. The first-order chi connectivity index (χ1) is 12.1. The second-order valence-corrected chi connectivity index (χ2v) is 6.54. The number of hydrogen-bond acceptors (Lipinski definition) is 6. The molecule has 0 aliphatic carbocycles. The number of aryl methyl sites for hydroxylation is 2. The molecule has 0 radical (unpaired) electrons. The van der Waals surface area contributed by atoms with Crippen LogP contribution >= 0.6 is 0 Å². The molecule has 25 heavy (non-hydrogen) atoms. The first kappa shape index (κ1) is 17.4. The predicted molar refractivity (Wildman–Crippen MR) is 94.2 cm³/mol. The molecule has 1 aliphatic rings. The molecule has 0 aromatic carbocycles. The number of nitrogens with zero attached hydrogens (tertiary/aromatic N) is 5. The van der Waals surface area contributed by atoms with Crippen LogP contribution in [0.2, 0.25) is 0 Å². The molecule has 7 heteroatoms. The Labute approximate surface area is 148 Å². The van der Waals surface area contributed by atoms with Crippen LogP contribution in [0.15, 0.2) is 22.9 Å². The number of anilines is 1. The summed E-state index contributed by atoms with van der Waals surface area (Å²) in [4.78, 5) is 25.3. The minimum absolute atomic E-state index is 0.128. The molecule has 7 nitrogen and oxygen atoms in total. The zero-order valence-electron chi connectivity index (χ0n) is 15.1. The van der Waals surface area contributed by atoms with Gasteiger partial charge in [0.15, 0.2) is 5.82 Å². The van der Waals surface area contributed by atoms with Crippen LogP contribution < -0.4 is 4.90 Å². The van der Waals surface area contributed by atoms with E-state index in [9.17, 15) is 4.79 Å². The van der Waals surface area contributed by atoms with Gasteiger partial charge in [-0.3, -0.25) is 4.79 Å². The maximum absolute atomic E-state index is 12.7. The molecule has 134 valence electrons. The lowest BCUT2D eigenvalue weighted by Crippen LogP contribution is -2.30. The molecule has 1 aliphatic heterocycles. The standard InChI is InChI=1S/C18H25N5O2/c1-4-15-20-17(25-21-15)7-8-18(24)23-11-5-6-14(23)13-9-10-19-16(12-13)22(2)3/h9-10,12,14H,4-8,11H2,1-3H3. The largest absolute Gasteiger partial charge is 0.363 e. The van der Waals surface area contributed by atoms with E-state index in [1.807, 2.05) is 43.1 Å². The van der Waals surface area contributed by atoms with Crippen molar-refractivity contribution in [3.63, 3.8) is 0 Å². The van der Waals surface area contributed by atoms with Crippen LogP contribution in [0, 0.1) is 0 Å². The van der Waals surface area contributed by atoms with E-state index in [4.69, 9.17) is 4.52 Å². The van der Waals surface area contributed by atoms with Crippen molar-refractivity contribution in [3.05, 3.63) is 35.6 Å². The number of amides is 1. The number of aromatic nitrogens is 3. The Kier molecular flexibility index (Phi) is 5.31. The van der Waals surface area contributed by atoms with Crippen molar-refractivity contribution in [2.45, 2.75) is 45.1 Å². The highest BCUT2D eigenvalue weighted by Crippen LogP contribution is 2.33. The third kappa shape index (κ3) is 3.97. The predicted octanol–water partition coefficient (Wildman–Crippen LogP) is 2.39. The van der Waals surface area contributed by atoms with Gasteiger partial charge in [0.25, 0.3) is 0 Å². The van der Waals surface area contributed by atoms with E-state index >= 15 is 0 Å². The van der Waals surface area contributed by atoms with E-state index in [0.29, 0.717) is 24.6 Å². The third-order valence-corrected chi connectivity index (χ3v) is 4.56. The number of carbonyl (C=O) groups is 1. The van der Waals surface area contributed by atoms with Gasteiger partial charge in [-0.05, 0) is 30.5 Å². The van der Waals surface area contributed by atoms with Gasteiger partial charge in [0.2, 0.25) is 11.8 Å². The molecule has 1 unspecified atom stereocenters. The molecule has 2 aromatic rings. The summed E-state index contributed by atoms with van der Waals surface area (Å²) < 4.78 is 5.18. The third-order valence-electron chi connectivity index (χ3n) is 4.56. The lowest BCUT2D eigenvalue weighted by molar-refractivity contribution is -0.132. The summed E-state index contributed by atoms with van der Waals surface area (Å²) in [5.74, 6) is 2.28. The SMILES string of the molecule is CCc1noc(CCC(=O)N2CCCC2c2ccnc(N(C)C)c2)n1. The average molecular weight is 343 g/mol. The summed E-state index contributed by atoms with van der Waals surface area (Å²) in [7, 11) is 3.94. The maximum atomic E-state index is 12.7. The average Bonchev–Trinajstić information content (AvgIpc) is 3.29. The van der Waals surface area contributed by atoms with Crippen LogP contribution in [-0.2, 0) is 17.6 Å². The molecule has 3 heterocycles. The summed E-state index contributed by atoms with van der Waals surface area (Å²) in [6.07, 6.45) is 5.46. The van der Waals surface area contributed by atoms with E-state index < -0.39 is 0 Å². The van der Waals surface area contributed by atoms with Crippen LogP contribution in [0.1, 0.15) is 49.5 Å². The van der Waals surface area contributed by atoms with Gasteiger partial charge in [-0.2, -0.15) is 4.98 Å². The van der Waals surface area contributed by atoms with Gasteiger partial charge in [0, 0.05) is 46.1 Å². The molecule has 1 fully saturated rings. The van der Waals surface area contributed by atoms with Crippen molar-refractivity contribution in [3.8, 4) is 0 Å². The molecular formula is C18H25N5O2. The molecule has 2 aromatic heterocycles. The number of rotatable bonds is 6. The number of pyridine rings is 1. The van der Waals surface area contributed by atoms with E-state index in [1.54, 1.807) is 0 Å². The Morgan fingerprint density at radius 2 is 2.28 bits per heavy atom. The summed E-state index contributed by atoms with van der Waals surface area (Å²) >= 11 is 0. The monoisotopic (exact) mass is 343 g/mol. The molecule has 1 saturated heterocycles. The Morgan fingerprint density at radius 1 is 1.44 bits per heavy atom. The Hall–Kier alpha value is -2.44. The summed E-state index contributed by atoms with van der Waals surface area (Å²) in [5, 5.41) is 3.88. The number of carbonyl (C=O) groups excluding carboxylic acids is 1. The molecule has 0 saturated carbocycles. The summed E-state index contributed by atoms with van der Waals surface area (Å²) in [5.41, 5.74) is 1.15. The van der Waals surface area contributed by atoms with E-state index in [2.05, 4.69) is 21.2 Å². The molecule has 1 atom stereocenters. The Morgan fingerprint density at radius 3 is 3.00 bits per heavy atom. The van der Waals surface area contributed by atoms with Gasteiger partial charge >= 0.3 is 0 Å². The van der Waals surface area contributed by atoms with Crippen molar-refractivity contribution >= 4 is 11.7 Å². The fourth-order valence-electron chi connectivity index (χ4n) is 3.19. The van der Waals surface area contributed by atoms with Gasteiger partial charge in [-0.1, -0.05) is 12.1 Å². The minimum atomic E-state index is 0.128. The van der Waals surface area contributed by atoms with Gasteiger partial charge < -0.3 is 14.3 Å². The highest BCUT2D eigenvalue weighted by Gasteiger charge is 2.30. The quantitative estimate of drug-likeness (QED) is 0.802. The fraction of sp³-hybridized carbons (Fsp3) is 0.556. The number of hydrogen-bond donors (Lipinski definition) is 0. The summed E-state index contributed by atoms with van der Waals surface area (Å²) in [6, 6.07) is 4.21. The van der Waals surface area contributed by atoms with Crippen LogP contribution in [0.5, 0.6) is 0 Å².